The highest BCUT2D eigenvalue weighted by molar-refractivity contribution is 7.89. The average Bonchev–Trinajstić information content (AvgIpc) is 3.56. The normalized spacial score (nSPS) is 19.5. The van der Waals surface area contributed by atoms with E-state index in [1.54, 1.807) is 29.1 Å². The summed E-state index contributed by atoms with van der Waals surface area (Å²) in [5.41, 5.74) is 1.91. The van der Waals surface area contributed by atoms with Crippen LogP contribution in [0.4, 0.5) is 0 Å². The Morgan fingerprint density at radius 1 is 1.02 bits per heavy atom. The number of hydrogen-bond acceptors (Lipinski definition) is 10. The monoisotopic (exact) mass is 618 g/mol. The number of rotatable bonds is 11. The minimum Gasteiger partial charge on any atom is -0.493 e. The van der Waals surface area contributed by atoms with Gasteiger partial charge in [0.05, 0.1) is 50.5 Å². The van der Waals surface area contributed by atoms with E-state index in [0.29, 0.717) is 47.4 Å². The SMILES string of the molecule is COc1ccc(C(=O)OCCN2CCN(C3CN(Cc4cn(Cc5ccccc5Cl)nn4)S(=O)(=O)C3)CC2)cc1OC. The number of carbonyl (C=O) groups excluding carboxylic acids is 1. The zero-order valence-electron chi connectivity index (χ0n) is 23.7. The second-order valence-corrected chi connectivity index (χ2v) is 12.7. The summed E-state index contributed by atoms with van der Waals surface area (Å²) in [6.07, 6.45) is 1.77. The second-order valence-electron chi connectivity index (χ2n) is 10.3. The lowest BCUT2D eigenvalue weighted by atomic mass is 10.2. The van der Waals surface area contributed by atoms with Crippen molar-refractivity contribution in [2.45, 2.75) is 19.1 Å². The molecule has 3 heterocycles. The van der Waals surface area contributed by atoms with Crippen LogP contribution in [0.2, 0.25) is 5.02 Å². The Balaban J connectivity index is 1.06. The first-order valence-electron chi connectivity index (χ1n) is 13.7. The van der Waals surface area contributed by atoms with Crippen LogP contribution >= 0.6 is 11.6 Å². The molecule has 42 heavy (non-hydrogen) atoms. The van der Waals surface area contributed by atoms with Crippen LogP contribution in [-0.2, 0) is 27.8 Å². The molecule has 12 nitrogen and oxygen atoms in total. The smallest absolute Gasteiger partial charge is 0.338 e. The number of aromatic nitrogens is 3. The van der Waals surface area contributed by atoms with Gasteiger partial charge in [0.2, 0.25) is 10.0 Å². The number of benzene rings is 2. The van der Waals surface area contributed by atoms with Gasteiger partial charge in [-0.25, -0.2) is 17.9 Å². The Morgan fingerprint density at radius 3 is 2.52 bits per heavy atom. The van der Waals surface area contributed by atoms with E-state index in [0.717, 1.165) is 31.7 Å². The molecule has 226 valence electrons. The summed E-state index contributed by atoms with van der Waals surface area (Å²) >= 11 is 6.25. The van der Waals surface area contributed by atoms with Gasteiger partial charge in [0, 0.05) is 50.3 Å². The van der Waals surface area contributed by atoms with Crippen LogP contribution in [0, 0.1) is 0 Å². The van der Waals surface area contributed by atoms with Gasteiger partial charge in [-0.05, 0) is 29.8 Å². The van der Waals surface area contributed by atoms with Gasteiger partial charge in [-0.15, -0.1) is 5.10 Å². The topological polar surface area (TPSA) is 119 Å². The number of sulfonamides is 1. The molecular weight excluding hydrogens is 584 g/mol. The highest BCUT2D eigenvalue weighted by Gasteiger charge is 2.40. The fraction of sp³-hybridized carbons (Fsp3) is 0.464. The van der Waals surface area contributed by atoms with Gasteiger partial charge < -0.3 is 14.2 Å². The maximum Gasteiger partial charge on any atom is 0.338 e. The summed E-state index contributed by atoms with van der Waals surface area (Å²) in [5.74, 6) is 0.677. The Hall–Kier alpha value is -3.23. The van der Waals surface area contributed by atoms with Crippen LogP contribution in [-0.4, -0.2) is 115 Å². The van der Waals surface area contributed by atoms with E-state index in [4.69, 9.17) is 25.8 Å². The van der Waals surface area contributed by atoms with Crippen molar-refractivity contribution in [3.05, 3.63) is 70.5 Å². The van der Waals surface area contributed by atoms with Crippen LogP contribution in [0.1, 0.15) is 21.6 Å². The third-order valence-electron chi connectivity index (χ3n) is 7.61. The lowest BCUT2D eigenvalue weighted by Gasteiger charge is -2.37. The number of esters is 1. The van der Waals surface area contributed by atoms with Crippen LogP contribution in [0.15, 0.2) is 48.7 Å². The lowest BCUT2D eigenvalue weighted by Crippen LogP contribution is -2.52. The highest BCUT2D eigenvalue weighted by atomic mass is 35.5. The molecule has 5 rings (SSSR count). The van der Waals surface area contributed by atoms with Crippen molar-refractivity contribution in [1.82, 2.24) is 29.1 Å². The van der Waals surface area contributed by atoms with E-state index in [1.807, 2.05) is 24.3 Å². The molecule has 14 heteroatoms. The van der Waals surface area contributed by atoms with Crippen LogP contribution in [0.5, 0.6) is 11.5 Å². The van der Waals surface area contributed by atoms with Crippen molar-refractivity contribution in [2.75, 3.05) is 65.8 Å². The Morgan fingerprint density at radius 2 is 1.79 bits per heavy atom. The van der Waals surface area contributed by atoms with Crippen LogP contribution in [0.25, 0.3) is 0 Å². The Kier molecular flexibility index (Phi) is 9.63. The average molecular weight is 619 g/mol. The number of halogens is 1. The molecule has 0 spiro atoms. The third kappa shape index (κ3) is 7.21. The van der Waals surface area contributed by atoms with Gasteiger partial charge in [-0.3, -0.25) is 9.80 Å². The molecular formula is C28H35ClN6O6S. The van der Waals surface area contributed by atoms with E-state index in [-0.39, 0.29) is 24.9 Å². The Bertz CT molecular complexity index is 1490. The minimum atomic E-state index is -3.41. The molecule has 2 saturated heterocycles. The van der Waals surface area contributed by atoms with E-state index in [9.17, 15) is 13.2 Å². The zero-order valence-corrected chi connectivity index (χ0v) is 25.3. The number of nitrogens with zero attached hydrogens (tertiary/aromatic N) is 6. The predicted molar refractivity (Wildman–Crippen MR) is 156 cm³/mol. The summed E-state index contributed by atoms with van der Waals surface area (Å²) in [4.78, 5) is 16.9. The Labute approximate surface area is 250 Å². The largest absolute Gasteiger partial charge is 0.493 e. The molecule has 0 radical (unpaired) electrons. The summed E-state index contributed by atoms with van der Waals surface area (Å²) in [5, 5.41) is 8.99. The van der Waals surface area contributed by atoms with E-state index in [1.165, 1.54) is 18.5 Å². The van der Waals surface area contributed by atoms with E-state index < -0.39 is 16.0 Å². The van der Waals surface area contributed by atoms with Gasteiger partial charge in [-0.1, -0.05) is 35.0 Å². The molecule has 0 amide bonds. The number of piperazine rings is 1. The quantitative estimate of drug-likeness (QED) is 0.295. The van der Waals surface area contributed by atoms with Gasteiger partial charge in [0.15, 0.2) is 11.5 Å². The third-order valence-corrected chi connectivity index (χ3v) is 9.85. The van der Waals surface area contributed by atoms with E-state index in [2.05, 4.69) is 20.1 Å². The van der Waals surface area contributed by atoms with Gasteiger partial charge >= 0.3 is 5.97 Å². The fourth-order valence-electron chi connectivity index (χ4n) is 5.27. The predicted octanol–water partition coefficient (Wildman–Crippen LogP) is 1.99. The zero-order chi connectivity index (χ0) is 29.7. The van der Waals surface area contributed by atoms with Crippen molar-refractivity contribution < 1.29 is 27.4 Å². The van der Waals surface area contributed by atoms with E-state index >= 15 is 0 Å². The molecule has 0 N–H and O–H groups in total. The van der Waals surface area contributed by atoms with Crippen molar-refractivity contribution >= 4 is 27.6 Å². The molecule has 0 bridgehead atoms. The van der Waals surface area contributed by atoms with Crippen molar-refractivity contribution in [3.8, 4) is 11.5 Å². The number of hydrogen-bond donors (Lipinski definition) is 0. The second kappa shape index (κ2) is 13.4. The molecule has 2 aliphatic rings. The number of carbonyl (C=O) groups is 1. The maximum atomic E-state index is 13.0. The van der Waals surface area contributed by atoms with Gasteiger partial charge in [-0.2, -0.15) is 4.31 Å². The minimum absolute atomic E-state index is 0.0850. The first-order chi connectivity index (χ1) is 20.3. The van der Waals surface area contributed by atoms with Crippen molar-refractivity contribution in [1.29, 1.82) is 0 Å². The fourth-order valence-corrected chi connectivity index (χ4v) is 7.21. The molecule has 2 aliphatic heterocycles. The molecule has 2 fully saturated rings. The molecule has 0 aliphatic carbocycles. The van der Waals surface area contributed by atoms with Gasteiger partial charge in [0.25, 0.3) is 0 Å². The first kappa shape index (κ1) is 30.2. The molecule has 1 unspecified atom stereocenters. The number of ether oxygens (including phenoxy) is 3. The summed E-state index contributed by atoms with van der Waals surface area (Å²) in [6.45, 7) is 4.94. The summed E-state index contributed by atoms with van der Waals surface area (Å²) in [7, 11) is -0.354. The molecule has 3 aromatic rings. The summed E-state index contributed by atoms with van der Waals surface area (Å²) < 4.78 is 45.1. The lowest BCUT2D eigenvalue weighted by molar-refractivity contribution is 0.0401. The first-order valence-corrected chi connectivity index (χ1v) is 15.7. The summed E-state index contributed by atoms with van der Waals surface area (Å²) in [6, 6.07) is 12.3. The van der Waals surface area contributed by atoms with Crippen LogP contribution in [0.3, 0.4) is 0 Å². The standard InChI is InChI=1S/C28H35ClN6O6S/c1-39-26-8-7-21(15-27(26)40-2)28(36)41-14-13-32-9-11-33(12-10-32)24-19-35(42(37,38)20-24)18-23-17-34(31-30-23)16-22-5-3-4-6-25(22)29/h3-8,15,17,24H,9-14,16,18-20H2,1-2H3. The number of methoxy groups -OCH3 is 2. The highest BCUT2D eigenvalue weighted by Crippen LogP contribution is 2.28. The van der Waals surface area contributed by atoms with Crippen molar-refractivity contribution in [2.24, 2.45) is 0 Å². The molecule has 2 aromatic carbocycles. The van der Waals surface area contributed by atoms with Crippen molar-refractivity contribution in [3.63, 3.8) is 0 Å². The maximum absolute atomic E-state index is 13.0. The van der Waals surface area contributed by atoms with Gasteiger partial charge in [0.1, 0.15) is 6.61 Å². The molecule has 1 atom stereocenters. The molecule has 1 aromatic heterocycles. The molecule has 0 saturated carbocycles. The van der Waals surface area contributed by atoms with Crippen LogP contribution < -0.4 is 9.47 Å².